The van der Waals surface area contributed by atoms with Gasteiger partial charge in [-0.3, -0.25) is 0 Å². The molecule has 0 radical (unpaired) electrons. The fourth-order valence-corrected chi connectivity index (χ4v) is 4.68. The van der Waals surface area contributed by atoms with Crippen LogP contribution in [0.2, 0.25) is 0 Å². The van der Waals surface area contributed by atoms with E-state index in [1.807, 2.05) is 6.92 Å². The predicted molar refractivity (Wildman–Crippen MR) is 93.8 cm³/mol. The van der Waals surface area contributed by atoms with E-state index in [0.717, 1.165) is 24.8 Å². The zero-order chi connectivity index (χ0) is 18.4. The smallest absolute Gasteiger partial charge is 0.258 e. The molecule has 0 spiro atoms. The molecule has 2 N–H and O–H groups in total. The van der Waals surface area contributed by atoms with E-state index in [1.165, 1.54) is 4.31 Å². The maximum Gasteiger partial charge on any atom is 0.258 e. The number of morpholine rings is 1. The van der Waals surface area contributed by atoms with Crippen molar-refractivity contribution in [1.82, 2.24) is 14.4 Å². The maximum absolute atomic E-state index is 12.9. The molecule has 1 aliphatic heterocycles. The van der Waals surface area contributed by atoms with Crippen molar-refractivity contribution in [2.24, 2.45) is 5.73 Å². The Morgan fingerprint density at radius 3 is 2.62 bits per heavy atom. The molecule has 2 fully saturated rings. The van der Waals surface area contributed by atoms with Gasteiger partial charge in [0.15, 0.2) is 5.82 Å². The first kappa shape index (κ1) is 17.6. The monoisotopic (exact) mass is 378 g/mol. The van der Waals surface area contributed by atoms with Gasteiger partial charge in [-0.25, -0.2) is 8.42 Å². The molecule has 0 bridgehead atoms. The van der Waals surface area contributed by atoms with Crippen molar-refractivity contribution in [3.05, 3.63) is 29.6 Å². The third kappa shape index (κ3) is 2.94. The Kier molecular flexibility index (Phi) is 4.34. The molecule has 140 valence electrons. The number of nitrogens with zero attached hydrogens (tertiary/aromatic N) is 3. The number of aromatic nitrogens is 2. The molecule has 2 heterocycles. The van der Waals surface area contributed by atoms with E-state index in [4.69, 9.17) is 15.0 Å². The summed E-state index contributed by atoms with van der Waals surface area (Å²) in [7, 11) is -3.59. The van der Waals surface area contributed by atoms with E-state index in [9.17, 15) is 8.42 Å². The van der Waals surface area contributed by atoms with Crippen LogP contribution in [-0.4, -0.2) is 49.2 Å². The van der Waals surface area contributed by atoms with Gasteiger partial charge in [-0.2, -0.15) is 9.29 Å². The third-order valence-electron chi connectivity index (χ3n) is 5.16. The van der Waals surface area contributed by atoms with Gasteiger partial charge in [-0.1, -0.05) is 11.2 Å². The van der Waals surface area contributed by atoms with Crippen molar-refractivity contribution in [2.45, 2.75) is 36.6 Å². The first-order valence-corrected chi connectivity index (χ1v) is 10.2. The van der Waals surface area contributed by atoms with Crippen LogP contribution in [0.1, 0.15) is 30.7 Å². The number of aryl methyl sites for hydroxylation is 1. The van der Waals surface area contributed by atoms with Gasteiger partial charge in [0.05, 0.1) is 23.6 Å². The van der Waals surface area contributed by atoms with Crippen LogP contribution in [-0.2, 0) is 20.3 Å². The molecule has 0 amide bonds. The topological polar surface area (TPSA) is 112 Å². The van der Waals surface area contributed by atoms with Crippen molar-refractivity contribution in [3.63, 3.8) is 0 Å². The molecule has 2 aromatic rings. The normalized spacial score (nSPS) is 20.7. The molecule has 1 saturated heterocycles. The van der Waals surface area contributed by atoms with Crippen molar-refractivity contribution >= 4 is 10.0 Å². The second-order valence-electron chi connectivity index (χ2n) is 6.93. The van der Waals surface area contributed by atoms with Crippen molar-refractivity contribution in [2.75, 3.05) is 26.3 Å². The Labute approximate surface area is 152 Å². The van der Waals surface area contributed by atoms with Crippen LogP contribution in [0, 0.1) is 6.92 Å². The van der Waals surface area contributed by atoms with Gasteiger partial charge in [0.25, 0.3) is 5.89 Å². The maximum atomic E-state index is 12.9. The third-order valence-corrected chi connectivity index (χ3v) is 7.06. The summed E-state index contributed by atoms with van der Waals surface area (Å²) in [6.45, 7) is 3.40. The zero-order valence-corrected chi connectivity index (χ0v) is 15.5. The molecule has 26 heavy (non-hydrogen) atoms. The van der Waals surface area contributed by atoms with E-state index < -0.39 is 15.6 Å². The molecule has 1 aromatic carbocycles. The lowest BCUT2D eigenvalue weighted by atomic mass is 9.77. The lowest BCUT2D eigenvalue weighted by Crippen LogP contribution is -2.44. The molecule has 8 nitrogen and oxygen atoms in total. The van der Waals surface area contributed by atoms with Gasteiger partial charge >= 0.3 is 0 Å². The lowest BCUT2D eigenvalue weighted by molar-refractivity contribution is 0.0730. The van der Waals surface area contributed by atoms with E-state index in [0.29, 0.717) is 43.6 Å². The highest BCUT2D eigenvalue weighted by Gasteiger charge is 2.39. The Balaban J connectivity index is 1.68. The van der Waals surface area contributed by atoms with E-state index in [2.05, 4.69) is 10.1 Å². The van der Waals surface area contributed by atoms with Crippen LogP contribution >= 0.6 is 0 Å². The Hall–Kier alpha value is -1.81. The molecule has 2 aliphatic rings. The van der Waals surface area contributed by atoms with E-state index >= 15 is 0 Å². The van der Waals surface area contributed by atoms with Crippen LogP contribution < -0.4 is 5.73 Å². The van der Waals surface area contributed by atoms with Crippen molar-refractivity contribution in [3.8, 4) is 11.5 Å². The fourth-order valence-electron chi connectivity index (χ4n) is 3.24. The standard InChI is InChI=1S/C17H22N4O4S/c1-12-3-4-13(26(22,23)21-7-9-24-10-8-21)11-14(12)15-19-16(20-25-15)17(18)5-2-6-17/h3-4,11H,2,5-10,18H2,1H3. The van der Waals surface area contributed by atoms with Crippen molar-refractivity contribution < 1.29 is 17.7 Å². The molecule has 1 aromatic heterocycles. The first-order valence-electron chi connectivity index (χ1n) is 8.72. The van der Waals surface area contributed by atoms with Crippen LogP contribution in [0.25, 0.3) is 11.5 Å². The largest absolute Gasteiger partial charge is 0.379 e. The van der Waals surface area contributed by atoms with Crippen LogP contribution in [0.3, 0.4) is 0 Å². The van der Waals surface area contributed by atoms with Gasteiger partial charge < -0.3 is 15.0 Å². The minimum Gasteiger partial charge on any atom is -0.379 e. The number of rotatable bonds is 4. The first-order chi connectivity index (χ1) is 12.4. The molecule has 4 rings (SSSR count). The van der Waals surface area contributed by atoms with Gasteiger partial charge in [-0.05, 0) is 43.9 Å². The Bertz CT molecular complexity index is 915. The second kappa shape index (κ2) is 6.41. The molecule has 9 heteroatoms. The quantitative estimate of drug-likeness (QED) is 0.856. The van der Waals surface area contributed by atoms with Gasteiger partial charge in [0, 0.05) is 18.7 Å². The fraction of sp³-hybridized carbons (Fsp3) is 0.529. The average Bonchev–Trinajstić information content (AvgIpc) is 3.11. The number of benzene rings is 1. The van der Waals surface area contributed by atoms with Gasteiger partial charge in [0.2, 0.25) is 10.0 Å². The number of hydrogen-bond donors (Lipinski definition) is 1. The molecule has 0 unspecified atom stereocenters. The number of sulfonamides is 1. The summed E-state index contributed by atoms with van der Waals surface area (Å²) >= 11 is 0. The van der Waals surface area contributed by atoms with E-state index in [1.54, 1.807) is 18.2 Å². The number of nitrogens with two attached hydrogens (primary N) is 1. The number of hydrogen-bond acceptors (Lipinski definition) is 7. The molecular formula is C17H22N4O4S. The summed E-state index contributed by atoms with van der Waals surface area (Å²) in [6, 6.07) is 4.97. The lowest BCUT2D eigenvalue weighted by Gasteiger charge is -2.34. The SMILES string of the molecule is Cc1ccc(S(=O)(=O)N2CCOCC2)cc1-c1nc(C2(N)CCC2)no1. The van der Waals surface area contributed by atoms with Crippen LogP contribution in [0.4, 0.5) is 0 Å². The Morgan fingerprint density at radius 1 is 1.23 bits per heavy atom. The van der Waals surface area contributed by atoms with Crippen molar-refractivity contribution in [1.29, 1.82) is 0 Å². The highest BCUT2D eigenvalue weighted by molar-refractivity contribution is 7.89. The van der Waals surface area contributed by atoms with Crippen LogP contribution in [0.15, 0.2) is 27.6 Å². The number of ether oxygens (including phenoxy) is 1. The summed E-state index contributed by atoms with van der Waals surface area (Å²) < 4.78 is 37.8. The summed E-state index contributed by atoms with van der Waals surface area (Å²) in [4.78, 5) is 4.65. The molecule has 1 saturated carbocycles. The summed E-state index contributed by atoms with van der Waals surface area (Å²) in [5.74, 6) is 0.785. The highest BCUT2D eigenvalue weighted by atomic mass is 32.2. The molecule has 1 aliphatic carbocycles. The average molecular weight is 378 g/mol. The summed E-state index contributed by atoms with van der Waals surface area (Å²) in [5.41, 5.74) is 7.20. The highest BCUT2D eigenvalue weighted by Crippen LogP contribution is 2.38. The summed E-state index contributed by atoms with van der Waals surface area (Å²) in [5, 5.41) is 4.02. The van der Waals surface area contributed by atoms with Crippen LogP contribution in [0.5, 0.6) is 0 Å². The zero-order valence-electron chi connectivity index (χ0n) is 14.6. The molecular weight excluding hydrogens is 356 g/mol. The minimum absolute atomic E-state index is 0.214. The van der Waals surface area contributed by atoms with Gasteiger partial charge in [-0.15, -0.1) is 0 Å². The molecule has 0 atom stereocenters. The minimum atomic E-state index is -3.59. The van der Waals surface area contributed by atoms with E-state index in [-0.39, 0.29) is 4.90 Å². The van der Waals surface area contributed by atoms with Gasteiger partial charge in [0.1, 0.15) is 0 Å². The predicted octanol–water partition coefficient (Wildman–Crippen LogP) is 1.40. The Morgan fingerprint density at radius 2 is 1.96 bits per heavy atom. The summed E-state index contributed by atoms with van der Waals surface area (Å²) in [6.07, 6.45) is 2.71. The second-order valence-corrected chi connectivity index (χ2v) is 8.86.